The predicted octanol–water partition coefficient (Wildman–Crippen LogP) is 4.96. The van der Waals surface area contributed by atoms with Crippen LogP contribution in [0.2, 0.25) is 0 Å². The molecule has 3 aromatic rings. The lowest BCUT2D eigenvalue weighted by molar-refractivity contribution is -0.121. The van der Waals surface area contributed by atoms with E-state index >= 15 is 0 Å². The van der Waals surface area contributed by atoms with E-state index in [9.17, 15) is 13.6 Å². The lowest BCUT2D eigenvalue weighted by Crippen LogP contribution is -2.24. The summed E-state index contributed by atoms with van der Waals surface area (Å²) in [5.74, 6) is -0.257. The average molecular weight is 382 g/mol. The Morgan fingerprint density at radius 3 is 2.61 bits per heavy atom. The summed E-state index contributed by atoms with van der Waals surface area (Å²) >= 11 is 0. The van der Waals surface area contributed by atoms with Gasteiger partial charge in [0.1, 0.15) is 17.4 Å². The van der Waals surface area contributed by atoms with E-state index in [1.54, 1.807) is 42.6 Å². The summed E-state index contributed by atoms with van der Waals surface area (Å²) in [6.07, 6.45) is 1.84. The fourth-order valence-electron chi connectivity index (χ4n) is 2.75. The van der Waals surface area contributed by atoms with Gasteiger partial charge in [0.15, 0.2) is 0 Å². The third-order valence-electron chi connectivity index (χ3n) is 4.27. The first-order valence-electron chi connectivity index (χ1n) is 8.91. The summed E-state index contributed by atoms with van der Waals surface area (Å²) in [6.45, 7) is 2.14. The monoisotopic (exact) mass is 382 g/mol. The van der Waals surface area contributed by atoms with Crippen molar-refractivity contribution in [3.05, 3.63) is 89.6 Å². The minimum Gasteiger partial charge on any atom is -0.439 e. The first kappa shape index (κ1) is 19.5. The van der Waals surface area contributed by atoms with Gasteiger partial charge in [0.2, 0.25) is 11.8 Å². The summed E-state index contributed by atoms with van der Waals surface area (Å²) in [5.41, 5.74) is 1.57. The van der Waals surface area contributed by atoms with Crippen LogP contribution in [0.4, 0.5) is 8.78 Å². The smallest absolute Gasteiger partial charge is 0.224 e. The molecule has 0 radical (unpaired) electrons. The highest BCUT2D eigenvalue weighted by Gasteiger charge is 2.13. The van der Waals surface area contributed by atoms with Crippen LogP contribution in [0.1, 0.15) is 30.4 Å². The van der Waals surface area contributed by atoms with Gasteiger partial charge in [0, 0.05) is 30.8 Å². The van der Waals surface area contributed by atoms with Crippen molar-refractivity contribution < 1.29 is 18.3 Å². The van der Waals surface area contributed by atoms with Gasteiger partial charge in [-0.2, -0.15) is 0 Å². The summed E-state index contributed by atoms with van der Waals surface area (Å²) in [4.78, 5) is 16.5. The highest BCUT2D eigenvalue weighted by molar-refractivity contribution is 5.76. The van der Waals surface area contributed by atoms with E-state index in [1.165, 1.54) is 24.3 Å². The molecule has 0 bridgehead atoms. The molecule has 0 saturated carbocycles. The lowest BCUT2D eigenvalue weighted by Gasteiger charge is -2.13. The second kappa shape index (κ2) is 9.08. The van der Waals surface area contributed by atoms with Gasteiger partial charge in [0.25, 0.3) is 0 Å². The molecule has 0 saturated heterocycles. The van der Waals surface area contributed by atoms with Crippen LogP contribution in [0.5, 0.6) is 11.6 Å². The number of nitrogens with zero attached hydrogens (tertiary/aromatic N) is 1. The van der Waals surface area contributed by atoms with Crippen LogP contribution in [0.25, 0.3) is 0 Å². The maximum atomic E-state index is 13.3. The van der Waals surface area contributed by atoms with Crippen molar-refractivity contribution >= 4 is 5.91 Å². The number of pyridine rings is 1. The normalized spacial score (nSPS) is 11.7. The largest absolute Gasteiger partial charge is 0.439 e. The molecule has 3 rings (SSSR count). The molecule has 2 aromatic carbocycles. The molecule has 0 fully saturated rings. The molecule has 6 heteroatoms. The van der Waals surface area contributed by atoms with E-state index in [1.807, 2.05) is 6.92 Å². The van der Waals surface area contributed by atoms with Crippen molar-refractivity contribution in [1.82, 2.24) is 10.3 Å². The van der Waals surface area contributed by atoms with Gasteiger partial charge in [-0.05, 0) is 41.8 Å². The molecule has 28 heavy (non-hydrogen) atoms. The molecule has 1 aromatic heterocycles. The Morgan fingerprint density at radius 1 is 1.07 bits per heavy atom. The second-order valence-electron chi connectivity index (χ2n) is 6.46. The van der Waals surface area contributed by atoms with Crippen LogP contribution in [0.15, 0.2) is 66.9 Å². The van der Waals surface area contributed by atoms with Crippen molar-refractivity contribution in [2.75, 3.05) is 0 Å². The van der Waals surface area contributed by atoms with Crippen molar-refractivity contribution in [2.24, 2.45) is 0 Å². The Balaban J connectivity index is 1.59. The Morgan fingerprint density at radius 2 is 1.86 bits per heavy atom. The van der Waals surface area contributed by atoms with E-state index in [-0.39, 0.29) is 30.6 Å². The molecule has 4 nitrogen and oxygen atoms in total. The number of nitrogens with one attached hydrogen (secondary N) is 1. The topological polar surface area (TPSA) is 51.2 Å². The van der Waals surface area contributed by atoms with Gasteiger partial charge in [-0.1, -0.05) is 31.2 Å². The molecule has 1 unspecified atom stereocenters. The highest BCUT2D eigenvalue weighted by atomic mass is 19.1. The number of hydrogen-bond donors (Lipinski definition) is 1. The molecule has 1 N–H and O–H groups in total. The quantitative estimate of drug-likeness (QED) is 0.628. The lowest BCUT2D eigenvalue weighted by atomic mass is 9.97. The third-order valence-corrected chi connectivity index (χ3v) is 4.27. The predicted molar refractivity (Wildman–Crippen MR) is 102 cm³/mol. The van der Waals surface area contributed by atoms with Crippen LogP contribution in [0, 0.1) is 11.6 Å². The van der Waals surface area contributed by atoms with Crippen LogP contribution in [-0.2, 0) is 11.3 Å². The number of amides is 1. The van der Waals surface area contributed by atoms with Gasteiger partial charge >= 0.3 is 0 Å². The van der Waals surface area contributed by atoms with E-state index < -0.39 is 5.82 Å². The highest BCUT2D eigenvalue weighted by Crippen LogP contribution is 2.24. The Hall–Kier alpha value is -3.28. The standard InChI is InChI=1S/C22H20F2N2O2/c1-15(16-7-9-18(23)10-8-16)12-21(27)26-14-17-4-3-11-25-22(17)28-20-6-2-5-19(24)13-20/h2-11,13,15H,12,14H2,1H3,(H,26,27). The van der Waals surface area contributed by atoms with Crippen LogP contribution in [0.3, 0.4) is 0 Å². The van der Waals surface area contributed by atoms with Gasteiger partial charge in [0.05, 0.1) is 0 Å². The fraction of sp³-hybridized carbons (Fsp3) is 0.182. The number of benzene rings is 2. The van der Waals surface area contributed by atoms with Crippen molar-refractivity contribution in [3.8, 4) is 11.6 Å². The van der Waals surface area contributed by atoms with E-state index in [0.29, 0.717) is 17.2 Å². The Labute approximate surface area is 162 Å². The van der Waals surface area contributed by atoms with Gasteiger partial charge in [-0.3, -0.25) is 4.79 Å². The van der Waals surface area contributed by atoms with Crippen molar-refractivity contribution in [3.63, 3.8) is 0 Å². The summed E-state index contributed by atoms with van der Waals surface area (Å²) in [5, 5.41) is 2.84. The second-order valence-corrected chi connectivity index (χ2v) is 6.46. The molecule has 0 aliphatic heterocycles. The third kappa shape index (κ3) is 5.36. The first-order chi connectivity index (χ1) is 13.5. The number of carbonyl (C=O) groups excluding carboxylic acids is 1. The molecule has 0 spiro atoms. The van der Waals surface area contributed by atoms with Crippen LogP contribution >= 0.6 is 0 Å². The number of rotatable bonds is 7. The molecule has 0 aliphatic rings. The van der Waals surface area contributed by atoms with E-state index in [2.05, 4.69) is 10.3 Å². The SMILES string of the molecule is CC(CC(=O)NCc1cccnc1Oc1cccc(F)c1)c1ccc(F)cc1. The average Bonchev–Trinajstić information content (AvgIpc) is 2.68. The Kier molecular flexibility index (Phi) is 6.32. The number of aromatic nitrogens is 1. The van der Waals surface area contributed by atoms with E-state index in [0.717, 1.165) is 5.56 Å². The minimum absolute atomic E-state index is 0.0440. The van der Waals surface area contributed by atoms with Crippen molar-refractivity contribution in [2.45, 2.75) is 25.8 Å². The van der Waals surface area contributed by atoms with Crippen LogP contribution < -0.4 is 10.1 Å². The Bertz CT molecular complexity index is 945. The summed E-state index contributed by atoms with van der Waals surface area (Å²) < 4.78 is 32.0. The number of ether oxygens (including phenoxy) is 1. The summed E-state index contributed by atoms with van der Waals surface area (Å²) in [7, 11) is 0. The summed E-state index contributed by atoms with van der Waals surface area (Å²) in [6, 6.07) is 15.4. The number of carbonyl (C=O) groups is 1. The minimum atomic E-state index is -0.405. The molecule has 1 heterocycles. The van der Waals surface area contributed by atoms with Crippen LogP contribution in [-0.4, -0.2) is 10.9 Å². The zero-order valence-electron chi connectivity index (χ0n) is 15.4. The van der Waals surface area contributed by atoms with Gasteiger partial charge < -0.3 is 10.1 Å². The molecule has 0 aliphatic carbocycles. The van der Waals surface area contributed by atoms with Gasteiger partial charge in [-0.15, -0.1) is 0 Å². The van der Waals surface area contributed by atoms with Crippen molar-refractivity contribution in [1.29, 1.82) is 0 Å². The zero-order valence-corrected chi connectivity index (χ0v) is 15.4. The molecular weight excluding hydrogens is 362 g/mol. The molecule has 1 amide bonds. The number of hydrogen-bond acceptors (Lipinski definition) is 3. The fourth-order valence-corrected chi connectivity index (χ4v) is 2.75. The maximum absolute atomic E-state index is 13.3. The molecule has 1 atom stereocenters. The first-order valence-corrected chi connectivity index (χ1v) is 8.91. The molecule has 144 valence electrons. The molecular formula is C22H20F2N2O2. The van der Waals surface area contributed by atoms with Gasteiger partial charge in [-0.25, -0.2) is 13.8 Å². The number of halogens is 2. The maximum Gasteiger partial charge on any atom is 0.224 e. The van der Waals surface area contributed by atoms with E-state index in [4.69, 9.17) is 4.74 Å². The zero-order chi connectivity index (χ0) is 19.9.